The minimum Gasteiger partial charge on any atom is -0.350 e. The Kier molecular flexibility index (Phi) is 4.75. The van der Waals surface area contributed by atoms with E-state index < -0.39 is 12.1 Å². The Morgan fingerprint density at radius 2 is 1.00 bits per heavy atom. The summed E-state index contributed by atoms with van der Waals surface area (Å²) in [5.41, 5.74) is 16.2. The largest absolute Gasteiger partial charge is 0.350 e. The Morgan fingerprint density at radius 1 is 0.692 bits per heavy atom. The maximum absolute atomic E-state index is 10.9. The van der Waals surface area contributed by atoms with Crippen LogP contribution in [0.25, 0.3) is 21.5 Å². The second-order valence-corrected chi connectivity index (χ2v) is 5.39. The van der Waals surface area contributed by atoms with Crippen LogP contribution in [-0.2, 0) is 0 Å². The van der Waals surface area contributed by atoms with E-state index in [1.165, 1.54) is 0 Å². The second kappa shape index (κ2) is 7.31. The molecule has 0 saturated heterocycles. The van der Waals surface area contributed by atoms with Gasteiger partial charge in [0, 0.05) is 11.1 Å². The van der Waals surface area contributed by atoms with Crippen molar-refractivity contribution in [3.05, 3.63) is 59.7 Å². The van der Waals surface area contributed by atoms with Crippen molar-refractivity contribution in [2.24, 2.45) is 21.7 Å². The molecule has 0 unspecified atom stereocenters. The zero-order valence-electron chi connectivity index (χ0n) is 13.6. The SMILES string of the molecule is NC(=O)N/N=C\c1c2ccccc2c(/C=N\NC(N)=O)c2ccccc12. The highest BCUT2D eigenvalue weighted by molar-refractivity contribution is 6.21. The summed E-state index contributed by atoms with van der Waals surface area (Å²) < 4.78 is 0. The average Bonchev–Trinajstić information content (AvgIpc) is 2.62. The number of carbonyl (C=O) groups excluding carboxylic acids is 2. The van der Waals surface area contributed by atoms with Crippen LogP contribution >= 0.6 is 0 Å². The molecule has 0 spiro atoms. The molecule has 4 amide bonds. The van der Waals surface area contributed by atoms with Crippen molar-refractivity contribution in [3.63, 3.8) is 0 Å². The second-order valence-electron chi connectivity index (χ2n) is 5.39. The molecule has 0 aromatic heterocycles. The smallest absolute Gasteiger partial charge is 0.332 e. The van der Waals surface area contributed by atoms with Crippen molar-refractivity contribution in [1.29, 1.82) is 0 Å². The fraction of sp³-hybridized carbons (Fsp3) is 0. The van der Waals surface area contributed by atoms with Crippen LogP contribution in [0.3, 0.4) is 0 Å². The number of carbonyl (C=O) groups is 2. The van der Waals surface area contributed by atoms with E-state index >= 15 is 0 Å². The fourth-order valence-corrected chi connectivity index (χ4v) is 2.79. The van der Waals surface area contributed by atoms with E-state index in [2.05, 4.69) is 21.1 Å². The van der Waals surface area contributed by atoms with Gasteiger partial charge in [0.05, 0.1) is 12.4 Å². The molecule has 130 valence electrons. The first-order valence-corrected chi connectivity index (χ1v) is 7.68. The number of fused-ring (bicyclic) bond motifs is 2. The fourth-order valence-electron chi connectivity index (χ4n) is 2.79. The highest BCUT2D eigenvalue weighted by Gasteiger charge is 2.11. The molecule has 3 aromatic rings. The molecule has 0 fully saturated rings. The van der Waals surface area contributed by atoms with Gasteiger partial charge in [-0.25, -0.2) is 20.4 Å². The van der Waals surface area contributed by atoms with Gasteiger partial charge in [-0.1, -0.05) is 48.5 Å². The third-order valence-electron chi connectivity index (χ3n) is 3.75. The number of primary amides is 2. The normalized spacial score (nSPS) is 11.4. The van der Waals surface area contributed by atoms with Crippen LogP contribution in [0.15, 0.2) is 58.7 Å². The Labute approximate surface area is 148 Å². The molecule has 3 aromatic carbocycles. The first kappa shape index (κ1) is 16.9. The summed E-state index contributed by atoms with van der Waals surface area (Å²) in [6, 6.07) is 13.9. The molecule has 6 N–H and O–H groups in total. The van der Waals surface area contributed by atoms with E-state index in [0.717, 1.165) is 32.7 Å². The van der Waals surface area contributed by atoms with Gasteiger partial charge in [0.15, 0.2) is 0 Å². The minimum absolute atomic E-state index is 0.740. The lowest BCUT2D eigenvalue weighted by atomic mass is 9.92. The molecule has 26 heavy (non-hydrogen) atoms. The maximum atomic E-state index is 10.9. The molecule has 8 heteroatoms. The minimum atomic E-state index is -0.740. The number of urea groups is 2. The maximum Gasteiger partial charge on any atom is 0.332 e. The van der Waals surface area contributed by atoms with Crippen LogP contribution in [-0.4, -0.2) is 24.5 Å². The van der Waals surface area contributed by atoms with E-state index in [0.29, 0.717) is 0 Å². The van der Waals surface area contributed by atoms with Crippen LogP contribution in [0.4, 0.5) is 9.59 Å². The standard InChI is InChI=1S/C18H16N6O2/c19-17(25)23-21-9-15-11-5-1-2-6-12(11)16(10-22-24-18(20)26)14-8-4-3-7-13(14)15/h1-10H,(H3,19,23,25)(H3,20,24,26)/b21-9-,22-10-. The van der Waals surface area contributed by atoms with E-state index in [-0.39, 0.29) is 0 Å². The predicted octanol–water partition coefficient (Wildman–Crippen LogP) is 2.00. The molecule has 0 aliphatic heterocycles. The van der Waals surface area contributed by atoms with Gasteiger partial charge in [0.25, 0.3) is 0 Å². The third-order valence-corrected chi connectivity index (χ3v) is 3.75. The monoisotopic (exact) mass is 348 g/mol. The number of hydrogen-bond acceptors (Lipinski definition) is 4. The molecule has 0 aliphatic rings. The van der Waals surface area contributed by atoms with Crippen LogP contribution in [0.2, 0.25) is 0 Å². The highest BCUT2D eigenvalue weighted by Crippen LogP contribution is 2.31. The molecular weight excluding hydrogens is 332 g/mol. The number of nitrogens with one attached hydrogen (secondary N) is 2. The van der Waals surface area contributed by atoms with Crippen LogP contribution in [0.1, 0.15) is 11.1 Å². The molecular formula is C18H16N6O2. The van der Waals surface area contributed by atoms with Crippen LogP contribution in [0.5, 0.6) is 0 Å². The number of benzene rings is 3. The molecule has 0 saturated carbocycles. The molecule has 8 nitrogen and oxygen atoms in total. The van der Waals surface area contributed by atoms with Gasteiger partial charge in [-0.2, -0.15) is 10.2 Å². The summed E-state index contributed by atoms with van der Waals surface area (Å²) >= 11 is 0. The average molecular weight is 348 g/mol. The number of amides is 4. The van der Waals surface area contributed by atoms with Gasteiger partial charge in [0.1, 0.15) is 0 Å². The lowest BCUT2D eigenvalue weighted by Gasteiger charge is -2.12. The van der Waals surface area contributed by atoms with Crippen molar-refractivity contribution >= 4 is 46.0 Å². The topological polar surface area (TPSA) is 135 Å². The summed E-state index contributed by atoms with van der Waals surface area (Å²) in [6.07, 6.45) is 3.11. The number of hydrazone groups is 2. The van der Waals surface area contributed by atoms with Gasteiger partial charge in [0.2, 0.25) is 0 Å². The van der Waals surface area contributed by atoms with Gasteiger partial charge in [-0.15, -0.1) is 0 Å². The Balaban J connectivity index is 2.28. The quantitative estimate of drug-likeness (QED) is 0.326. The molecule has 0 bridgehead atoms. The predicted molar refractivity (Wildman–Crippen MR) is 102 cm³/mol. The van der Waals surface area contributed by atoms with Crippen molar-refractivity contribution in [1.82, 2.24) is 10.9 Å². The number of hydrogen-bond donors (Lipinski definition) is 4. The summed E-state index contributed by atoms with van der Waals surface area (Å²) in [6.45, 7) is 0. The summed E-state index contributed by atoms with van der Waals surface area (Å²) in [7, 11) is 0. The van der Waals surface area contributed by atoms with Crippen molar-refractivity contribution in [2.45, 2.75) is 0 Å². The Bertz CT molecular complexity index is 917. The lowest BCUT2D eigenvalue weighted by Crippen LogP contribution is -2.24. The number of nitrogens with zero attached hydrogens (tertiary/aromatic N) is 2. The third kappa shape index (κ3) is 3.44. The van der Waals surface area contributed by atoms with E-state index in [1.807, 2.05) is 48.5 Å². The first-order valence-electron chi connectivity index (χ1n) is 7.68. The van der Waals surface area contributed by atoms with Gasteiger partial charge in [-0.3, -0.25) is 0 Å². The van der Waals surface area contributed by atoms with Gasteiger partial charge in [-0.05, 0) is 21.5 Å². The highest BCUT2D eigenvalue weighted by atomic mass is 16.2. The van der Waals surface area contributed by atoms with Crippen molar-refractivity contribution < 1.29 is 9.59 Å². The van der Waals surface area contributed by atoms with Crippen LogP contribution in [0, 0.1) is 0 Å². The first-order chi connectivity index (χ1) is 12.6. The van der Waals surface area contributed by atoms with Gasteiger partial charge < -0.3 is 11.5 Å². The zero-order chi connectivity index (χ0) is 18.5. The summed E-state index contributed by atoms with van der Waals surface area (Å²) in [5, 5.41) is 11.4. The van der Waals surface area contributed by atoms with Crippen LogP contribution < -0.4 is 22.3 Å². The van der Waals surface area contributed by atoms with Crippen molar-refractivity contribution in [3.8, 4) is 0 Å². The molecule has 0 atom stereocenters. The Hall–Kier alpha value is -3.94. The number of rotatable bonds is 4. The van der Waals surface area contributed by atoms with Crippen molar-refractivity contribution in [2.75, 3.05) is 0 Å². The Morgan fingerprint density at radius 3 is 1.27 bits per heavy atom. The summed E-state index contributed by atoms with van der Waals surface area (Å²) in [4.78, 5) is 21.8. The molecule has 0 aliphatic carbocycles. The van der Waals surface area contributed by atoms with E-state index in [1.54, 1.807) is 12.4 Å². The number of nitrogens with two attached hydrogens (primary N) is 2. The molecule has 3 rings (SSSR count). The lowest BCUT2D eigenvalue weighted by molar-refractivity contribution is 0.248. The zero-order valence-corrected chi connectivity index (χ0v) is 13.6. The van der Waals surface area contributed by atoms with E-state index in [4.69, 9.17) is 11.5 Å². The van der Waals surface area contributed by atoms with Gasteiger partial charge >= 0.3 is 12.1 Å². The van der Waals surface area contributed by atoms with E-state index in [9.17, 15) is 9.59 Å². The summed E-state index contributed by atoms with van der Waals surface area (Å²) in [5.74, 6) is 0. The molecule has 0 heterocycles. The molecule has 0 radical (unpaired) electrons.